The summed E-state index contributed by atoms with van der Waals surface area (Å²) < 4.78 is 4.90. The summed E-state index contributed by atoms with van der Waals surface area (Å²) in [5.74, 6) is 0. The van der Waals surface area contributed by atoms with Crippen molar-refractivity contribution in [3.8, 4) is 0 Å². The lowest BCUT2D eigenvalue weighted by Gasteiger charge is -1.99. The van der Waals surface area contributed by atoms with Crippen LogP contribution in [0.5, 0.6) is 0 Å². The van der Waals surface area contributed by atoms with Gasteiger partial charge in [0.05, 0.1) is 10.0 Å². The predicted octanol–water partition coefficient (Wildman–Crippen LogP) is 3.10. The van der Waals surface area contributed by atoms with E-state index in [9.17, 15) is 4.79 Å². The predicted molar refractivity (Wildman–Crippen MR) is 52.5 cm³/mol. The average Bonchev–Trinajstić information content (AvgIpc) is 2.12. The minimum Gasteiger partial charge on any atom is -0.423 e. The Bertz CT molecular complexity index is 516. The van der Waals surface area contributed by atoms with E-state index in [1.807, 2.05) is 0 Å². The van der Waals surface area contributed by atoms with Gasteiger partial charge in [-0.2, -0.15) is 0 Å². The molecule has 66 valence electrons. The maximum Gasteiger partial charge on any atom is 0.336 e. The quantitative estimate of drug-likeness (QED) is 0.632. The number of hydrogen-bond donors (Lipinski definition) is 0. The normalized spacial score (nSPS) is 10.6. The molecule has 0 atom stereocenters. The molecule has 0 fully saturated rings. The zero-order valence-electron chi connectivity index (χ0n) is 6.38. The van der Waals surface area contributed by atoms with Crippen molar-refractivity contribution in [2.24, 2.45) is 0 Å². The zero-order chi connectivity index (χ0) is 9.42. The second-order valence-electron chi connectivity index (χ2n) is 2.53. The molecule has 0 saturated carbocycles. The van der Waals surface area contributed by atoms with E-state index in [0.717, 1.165) is 0 Å². The van der Waals surface area contributed by atoms with Gasteiger partial charge in [0.1, 0.15) is 5.58 Å². The third-order valence-corrected chi connectivity index (χ3v) is 2.51. The van der Waals surface area contributed by atoms with Gasteiger partial charge < -0.3 is 4.42 Å². The van der Waals surface area contributed by atoms with Crippen LogP contribution in [0.4, 0.5) is 0 Å². The van der Waals surface area contributed by atoms with E-state index in [1.54, 1.807) is 18.2 Å². The first-order chi connectivity index (χ1) is 6.18. The van der Waals surface area contributed by atoms with Crippen LogP contribution >= 0.6 is 23.2 Å². The third kappa shape index (κ3) is 1.43. The van der Waals surface area contributed by atoms with Crippen LogP contribution in [0.2, 0.25) is 10.0 Å². The maximum atomic E-state index is 10.8. The third-order valence-electron chi connectivity index (χ3n) is 1.69. The topological polar surface area (TPSA) is 30.2 Å². The number of benzene rings is 1. The number of fused-ring (bicyclic) bond motifs is 1. The largest absolute Gasteiger partial charge is 0.423 e. The van der Waals surface area contributed by atoms with Crippen molar-refractivity contribution < 1.29 is 4.42 Å². The highest BCUT2D eigenvalue weighted by molar-refractivity contribution is 6.45. The molecule has 0 aliphatic heterocycles. The summed E-state index contributed by atoms with van der Waals surface area (Å²) in [4.78, 5) is 10.8. The summed E-state index contributed by atoms with van der Waals surface area (Å²) in [7, 11) is 0. The zero-order valence-corrected chi connectivity index (χ0v) is 7.89. The standard InChI is InChI=1S/C9H4Cl2O2/c10-6-2-3-7-5(9(6)11)1-4-8(12)13-7/h1-4H. The van der Waals surface area contributed by atoms with Crippen LogP contribution in [-0.4, -0.2) is 0 Å². The summed E-state index contributed by atoms with van der Waals surface area (Å²) in [5, 5.41) is 1.50. The molecule has 0 spiro atoms. The van der Waals surface area contributed by atoms with E-state index in [0.29, 0.717) is 21.0 Å². The van der Waals surface area contributed by atoms with Gasteiger partial charge >= 0.3 is 5.63 Å². The fourth-order valence-electron chi connectivity index (χ4n) is 1.09. The molecule has 0 unspecified atom stereocenters. The Kier molecular flexibility index (Phi) is 2.02. The Morgan fingerprint density at radius 3 is 2.62 bits per heavy atom. The van der Waals surface area contributed by atoms with Crippen LogP contribution in [0.15, 0.2) is 33.5 Å². The van der Waals surface area contributed by atoms with Crippen LogP contribution in [0.1, 0.15) is 0 Å². The second-order valence-corrected chi connectivity index (χ2v) is 3.31. The molecule has 0 saturated heterocycles. The van der Waals surface area contributed by atoms with Crippen molar-refractivity contribution in [3.63, 3.8) is 0 Å². The first-order valence-corrected chi connectivity index (χ1v) is 4.32. The molecule has 1 aromatic heterocycles. The molecule has 13 heavy (non-hydrogen) atoms. The van der Waals surface area contributed by atoms with Crippen LogP contribution < -0.4 is 5.63 Å². The van der Waals surface area contributed by atoms with Gasteiger partial charge in [-0.25, -0.2) is 4.79 Å². The molecule has 0 bridgehead atoms. The molecule has 2 nitrogen and oxygen atoms in total. The Morgan fingerprint density at radius 1 is 1.08 bits per heavy atom. The minimum absolute atomic E-state index is 0.397. The summed E-state index contributed by atoms with van der Waals surface area (Å²) in [6, 6.07) is 6.11. The highest BCUT2D eigenvalue weighted by Gasteiger charge is 2.04. The second kappa shape index (κ2) is 3.05. The SMILES string of the molecule is O=c1ccc2c(Cl)c(Cl)ccc2o1. The lowest BCUT2D eigenvalue weighted by molar-refractivity contribution is 0.561. The van der Waals surface area contributed by atoms with E-state index in [2.05, 4.69) is 0 Å². The van der Waals surface area contributed by atoms with Gasteiger partial charge in [0.15, 0.2) is 0 Å². The molecule has 0 aliphatic carbocycles. The Morgan fingerprint density at radius 2 is 1.85 bits per heavy atom. The number of rotatable bonds is 0. The van der Waals surface area contributed by atoms with Crippen LogP contribution in [0, 0.1) is 0 Å². The van der Waals surface area contributed by atoms with E-state index >= 15 is 0 Å². The highest BCUT2D eigenvalue weighted by Crippen LogP contribution is 2.29. The van der Waals surface area contributed by atoms with Crippen LogP contribution in [0.3, 0.4) is 0 Å². The molecule has 4 heteroatoms. The molecule has 2 aromatic rings. The Labute approximate surface area is 83.7 Å². The number of halogens is 2. The molecule has 0 N–H and O–H groups in total. The molecule has 0 aliphatic rings. The van der Waals surface area contributed by atoms with E-state index in [1.165, 1.54) is 6.07 Å². The minimum atomic E-state index is -0.397. The van der Waals surface area contributed by atoms with Gasteiger partial charge in [-0.3, -0.25) is 0 Å². The Hall–Kier alpha value is -0.990. The maximum absolute atomic E-state index is 10.8. The van der Waals surface area contributed by atoms with E-state index in [-0.39, 0.29) is 0 Å². The lowest BCUT2D eigenvalue weighted by atomic mass is 10.2. The lowest BCUT2D eigenvalue weighted by Crippen LogP contribution is -1.94. The van der Waals surface area contributed by atoms with Gasteiger partial charge in [0, 0.05) is 11.5 Å². The first kappa shape index (κ1) is 8.60. The van der Waals surface area contributed by atoms with Crippen molar-refractivity contribution in [3.05, 3.63) is 44.7 Å². The van der Waals surface area contributed by atoms with Crippen molar-refractivity contribution in [2.45, 2.75) is 0 Å². The number of hydrogen-bond acceptors (Lipinski definition) is 2. The average molecular weight is 215 g/mol. The van der Waals surface area contributed by atoms with Crippen LogP contribution in [0.25, 0.3) is 11.0 Å². The molecule has 0 amide bonds. The Balaban J connectivity index is 2.95. The molecule has 2 rings (SSSR count). The highest BCUT2D eigenvalue weighted by atomic mass is 35.5. The van der Waals surface area contributed by atoms with Gasteiger partial charge in [-0.05, 0) is 18.2 Å². The van der Waals surface area contributed by atoms with Gasteiger partial charge in [-0.1, -0.05) is 23.2 Å². The van der Waals surface area contributed by atoms with E-state index in [4.69, 9.17) is 27.6 Å². The molecule has 1 aromatic carbocycles. The molecular weight excluding hydrogens is 211 g/mol. The van der Waals surface area contributed by atoms with Gasteiger partial charge in [0.2, 0.25) is 0 Å². The fourth-order valence-corrected chi connectivity index (χ4v) is 1.47. The van der Waals surface area contributed by atoms with Crippen molar-refractivity contribution >= 4 is 34.2 Å². The van der Waals surface area contributed by atoms with Gasteiger partial charge in [0.25, 0.3) is 0 Å². The first-order valence-electron chi connectivity index (χ1n) is 3.56. The molecule has 1 heterocycles. The van der Waals surface area contributed by atoms with Crippen molar-refractivity contribution in [1.29, 1.82) is 0 Å². The van der Waals surface area contributed by atoms with E-state index < -0.39 is 5.63 Å². The van der Waals surface area contributed by atoms with Crippen LogP contribution in [-0.2, 0) is 0 Å². The monoisotopic (exact) mass is 214 g/mol. The van der Waals surface area contributed by atoms with Crippen molar-refractivity contribution in [1.82, 2.24) is 0 Å². The summed E-state index contributed by atoms with van der Waals surface area (Å²) >= 11 is 11.7. The summed E-state index contributed by atoms with van der Waals surface area (Å²) in [5.41, 5.74) is 0.0489. The fraction of sp³-hybridized carbons (Fsp3) is 0. The van der Waals surface area contributed by atoms with Crippen molar-refractivity contribution in [2.75, 3.05) is 0 Å². The molecular formula is C9H4Cl2O2. The molecule has 0 radical (unpaired) electrons. The smallest absolute Gasteiger partial charge is 0.336 e. The summed E-state index contributed by atoms with van der Waals surface area (Å²) in [6.45, 7) is 0. The summed E-state index contributed by atoms with van der Waals surface area (Å²) in [6.07, 6.45) is 0. The van der Waals surface area contributed by atoms with Gasteiger partial charge in [-0.15, -0.1) is 0 Å².